The van der Waals surface area contributed by atoms with E-state index in [0.29, 0.717) is 22.4 Å². The second kappa shape index (κ2) is 7.08. The number of likely N-dealkylation sites (N-methyl/N-ethyl adjacent to an activating group) is 1. The summed E-state index contributed by atoms with van der Waals surface area (Å²) in [5.74, 6) is -0.219. The Labute approximate surface area is 192 Å². The highest BCUT2D eigenvalue weighted by Gasteiger charge is 2.41. The molecule has 0 fully saturated rings. The Morgan fingerprint density at radius 1 is 0.882 bits per heavy atom. The van der Waals surface area contributed by atoms with E-state index in [0.717, 1.165) is 20.2 Å². The zero-order valence-electron chi connectivity index (χ0n) is 17.8. The highest BCUT2D eigenvalue weighted by molar-refractivity contribution is 6.38. The minimum atomic E-state index is -1.45. The third-order valence-corrected chi connectivity index (χ3v) is 6.04. The maximum Gasteiger partial charge on any atom is 0.265 e. The van der Waals surface area contributed by atoms with Gasteiger partial charge in [-0.05, 0) is 29.0 Å². The maximum atomic E-state index is 13.2. The van der Waals surface area contributed by atoms with Crippen LogP contribution >= 0.6 is 0 Å². The highest BCUT2D eigenvalue weighted by atomic mass is 16.6. The summed E-state index contributed by atoms with van der Waals surface area (Å²) in [6.07, 6.45) is 1.12. The van der Waals surface area contributed by atoms with Crippen LogP contribution in [0.15, 0.2) is 84.5 Å². The quantitative estimate of drug-likeness (QED) is 0.434. The average molecular weight is 451 g/mol. The molecule has 1 aromatic heterocycles. The van der Waals surface area contributed by atoms with Gasteiger partial charge in [0.15, 0.2) is 17.3 Å². The fraction of sp³-hybridized carbons (Fsp3) is 0.0385. The highest BCUT2D eigenvalue weighted by Crippen LogP contribution is 2.42. The summed E-state index contributed by atoms with van der Waals surface area (Å²) in [6, 6.07) is 18.0. The van der Waals surface area contributed by atoms with E-state index in [1.165, 1.54) is 19.5 Å². The molecule has 8 nitrogen and oxygen atoms in total. The second-order valence-electron chi connectivity index (χ2n) is 7.96. The van der Waals surface area contributed by atoms with Crippen molar-refractivity contribution in [3.8, 4) is 11.5 Å². The van der Waals surface area contributed by atoms with E-state index in [2.05, 4.69) is 0 Å². The van der Waals surface area contributed by atoms with E-state index in [1.54, 1.807) is 30.3 Å². The summed E-state index contributed by atoms with van der Waals surface area (Å²) in [6.45, 7) is 0. The molecule has 3 aromatic carbocycles. The van der Waals surface area contributed by atoms with Crippen molar-refractivity contribution in [3.05, 3.63) is 90.0 Å². The molecule has 0 radical (unpaired) electrons. The number of amides is 2. The Bertz CT molecular complexity index is 1640. The molecule has 0 bridgehead atoms. The molecule has 0 atom stereocenters. The predicted molar refractivity (Wildman–Crippen MR) is 121 cm³/mol. The Kier molecular flexibility index (Phi) is 4.12. The largest absolute Gasteiger partial charge is 0.529 e. The lowest BCUT2D eigenvalue weighted by Gasteiger charge is -2.19. The molecule has 0 saturated heterocycles. The molecule has 0 saturated carbocycles. The molecule has 6 rings (SSSR count). The number of para-hydroxylation sites is 1. The number of hydrogen-bond donors (Lipinski definition) is 0. The van der Waals surface area contributed by atoms with Gasteiger partial charge in [0.2, 0.25) is 0 Å². The standard InChI is InChI=1S/C26H16N2O6/c1-27-24(29)22(17-12-28(26(31)32)18-9-5-4-8-16(17)18)23(25(27)30)21-13-33-19-10-14-6-2-3-7-15(14)11-20(19)34-21/h2-13H,1H3,(H,31,32)/p-1. The number of hydrogen-bond acceptors (Lipinski definition) is 6. The molecule has 2 amide bonds. The number of nitrogens with zero attached hydrogens (tertiary/aromatic N) is 2. The fourth-order valence-electron chi connectivity index (χ4n) is 4.39. The van der Waals surface area contributed by atoms with Gasteiger partial charge in [-0.1, -0.05) is 42.5 Å². The number of benzene rings is 3. The first-order valence-electron chi connectivity index (χ1n) is 10.4. The minimum Gasteiger partial charge on any atom is -0.529 e. The first-order chi connectivity index (χ1) is 16.4. The van der Waals surface area contributed by atoms with Crippen molar-refractivity contribution in [1.29, 1.82) is 0 Å². The summed E-state index contributed by atoms with van der Waals surface area (Å²) in [4.78, 5) is 39.0. The number of carboxylic acid groups (broad SMARTS) is 1. The van der Waals surface area contributed by atoms with Crippen molar-refractivity contribution in [3.63, 3.8) is 0 Å². The van der Waals surface area contributed by atoms with Gasteiger partial charge in [0.05, 0.1) is 16.7 Å². The number of imide groups is 1. The van der Waals surface area contributed by atoms with Crippen LogP contribution in [0, 0.1) is 0 Å². The van der Waals surface area contributed by atoms with Gasteiger partial charge >= 0.3 is 0 Å². The smallest absolute Gasteiger partial charge is 0.265 e. The lowest BCUT2D eigenvalue weighted by molar-refractivity contribution is -0.249. The molecule has 0 N–H and O–H groups in total. The lowest BCUT2D eigenvalue weighted by Crippen LogP contribution is -2.28. The second-order valence-corrected chi connectivity index (χ2v) is 7.96. The zero-order chi connectivity index (χ0) is 23.6. The molecule has 3 heterocycles. The molecule has 34 heavy (non-hydrogen) atoms. The van der Waals surface area contributed by atoms with Crippen molar-refractivity contribution in [1.82, 2.24) is 9.47 Å². The molecule has 0 unspecified atom stereocenters. The van der Waals surface area contributed by atoms with E-state index >= 15 is 0 Å². The zero-order valence-corrected chi connectivity index (χ0v) is 17.8. The molecule has 2 aliphatic rings. The van der Waals surface area contributed by atoms with Crippen molar-refractivity contribution in [2.45, 2.75) is 0 Å². The van der Waals surface area contributed by atoms with Gasteiger partial charge in [-0.2, -0.15) is 0 Å². The van der Waals surface area contributed by atoms with Crippen LogP contribution in [-0.2, 0) is 9.59 Å². The van der Waals surface area contributed by atoms with Crippen LogP contribution in [0.5, 0.6) is 11.5 Å². The van der Waals surface area contributed by atoms with Crippen LogP contribution in [0.1, 0.15) is 5.56 Å². The number of carbonyl (C=O) groups excluding carboxylic acids is 3. The monoisotopic (exact) mass is 451 g/mol. The summed E-state index contributed by atoms with van der Waals surface area (Å²) in [7, 11) is 1.36. The lowest BCUT2D eigenvalue weighted by atomic mass is 9.99. The predicted octanol–water partition coefficient (Wildman–Crippen LogP) is 3.05. The summed E-state index contributed by atoms with van der Waals surface area (Å²) >= 11 is 0. The number of fused-ring (bicyclic) bond motifs is 3. The maximum absolute atomic E-state index is 13.2. The molecular weight excluding hydrogens is 436 g/mol. The van der Waals surface area contributed by atoms with Crippen LogP contribution in [0.3, 0.4) is 0 Å². The first kappa shape index (κ1) is 19.8. The van der Waals surface area contributed by atoms with E-state index in [1.807, 2.05) is 30.3 Å². The Morgan fingerprint density at radius 3 is 2.26 bits per heavy atom. The van der Waals surface area contributed by atoms with E-state index in [9.17, 15) is 19.5 Å². The van der Waals surface area contributed by atoms with Crippen molar-refractivity contribution < 1.29 is 29.0 Å². The number of aromatic nitrogens is 1. The van der Waals surface area contributed by atoms with Crippen molar-refractivity contribution in [2.24, 2.45) is 0 Å². The molecule has 4 aromatic rings. The number of carbonyl (C=O) groups is 3. The number of rotatable bonds is 2. The van der Waals surface area contributed by atoms with Gasteiger partial charge in [0.25, 0.3) is 11.8 Å². The SMILES string of the molecule is CN1C(=O)C(C2=COc3cc4ccccc4cc3O2)=C(c2cn(C(=O)[O-])c3ccccc23)C1=O. The van der Waals surface area contributed by atoms with Gasteiger partial charge in [0.1, 0.15) is 12.4 Å². The van der Waals surface area contributed by atoms with Crippen LogP contribution in [0.4, 0.5) is 4.79 Å². The molecule has 166 valence electrons. The Hall–Kier alpha value is -4.85. The third kappa shape index (κ3) is 2.75. The first-order valence-corrected chi connectivity index (χ1v) is 10.4. The van der Waals surface area contributed by atoms with Gasteiger partial charge in [0, 0.05) is 24.2 Å². The van der Waals surface area contributed by atoms with Crippen molar-refractivity contribution in [2.75, 3.05) is 7.05 Å². The summed E-state index contributed by atoms with van der Waals surface area (Å²) in [5, 5.41) is 14.1. The fourth-order valence-corrected chi connectivity index (χ4v) is 4.39. The van der Waals surface area contributed by atoms with Gasteiger partial charge < -0.3 is 23.9 Å². The number of ether oxygens (including phenoxy) is 2. The molecule has 2 aliphatic heterocycles. The van der Waals surface area contributed by atoms with Crippen LogP contribution in [-0.4, -0.2) is 34.4 Å². The van der Waals surface area contributed by atoms with Gasteiger partial charge in [-0.3, -0.25) is 14.5 Å². The summed E-state index contributed by atoms with van der Waals surface area (Å²) < 4.78 is 12.7. The molecule has 0 spiro atoms. The van der Waals surface area contributed by atoms with E-state index in [4.69, 9.17) is 9.47 Å². The van der Waals surface area contributed by atoms with E-state index < -0.39 is 17.9 Å². The van der Waals surface area contributed by atoms with Gasteiger partial charge in [-0.15, -0.1) is 0 Å². The Morgan fingerprint density at radius 2 is 1.53 bits per heavy atom. The summed E-state index contributed by atoms with van der Waals surface area (Å²) in [5.41, 5.74) is 0.646. The normalized spacial score (nSPS) is 15.4. The average Bonchev–Trinajstić information content (AvgIpc) is 3.33. The van der Waals surface area contributed by atoms with Gasteiger partial charge in [-0.25, -0.2) is 0 Å². The topological polar surface area (TPSA) is 101 Å². The van der Waals surface area contributed by atoms with Crippen molar-refractivity contribution >= 4 is 45.2 Å². The molecule has 8 heteroatoms. The van der Waals surface area contributed by atoms with Crippen LogP contribution in [0.25, 0.3) is 27.2 Å². The van der Waals surface area contributed by atoms with E-state index in [-0.39, 0.29) is 22.5 Å². The minimum absolute atomic E-state index is 0.00689. The third-order valence-electron chi connectivity index (χ3n) is 6.04. The van der Waals surface area contributed by atoms with Crippen LogP contribution < -0.4 is 14.6 Å². The molecular formula is C26H15N2O6-. The molecule has 0 aliphatic carbocycles. The van der Waals surface area contributed by atoms with Crippen LogP contribution in [0.2, 0.25) is 0 Å². The Balaban J connectivity index is 1.55.